The third-order valence-electron chi connectivity index (χ3n) is 4.31. The minimum absolute atomic E-state index is 0.111. The molecule has 1 aromatic carbocycles. The first-order valence-electron chi connectivity index (χ1n) is 9.30. The number of hydrogen-bond donors (Lipinski definition) is 2. The van der Waals surface area contributed by atoms with Crippen molar-refractivity contribution in [2.75, 3.05) is 63.7 Å². The van der Waals surface area contributed by atoms with Crippen molar-refractivity contribution < 1.29 is 19.0 Å². The number of carbonyl (C=O) groups is 1. The number of pyridine rings is 1. The van der Waals surface area contributed by atoms with Gasteiger partial charge in [0.1, 0.15) is 5.82 Å². The van der Waals surface area contributed by atoms with E-state index in [0.29, 0.717) is 17.2 Å². The van der Waals surface area contributed by atoms with Gasteiger partial charge in [-0.05, 0) is 24.3 Å². The Kier molecular flexibility index (Phi) is 7.45. The number of rotatable bonds is 9. The summed E-state index contributed by atoms with van der Waals surface area (Å²) in [5, 5.41) is 6.05. The molecule has 0 spiro atoms. The van der Waals surface area contributed by atoms with Gasteiger partial charge in [-0.15, -0.1) is 0 Å². The van der Waals surface area contributed by atoms with Gasteiger partial charge in [-0.3, -0.25) is 9.69 Å². The highest BCUT2D eigenvalue weighted by molar-refractivity contribution is 5.91. The second-order valence-corrected chi connectivity index (χ2v) is 6.30. The van der Waals surface area contributed by atoms with Crippen LogP contribution in [0.5, 0.6) is 11.5 Å². The molecule has 1 aliphatic heterocycles. The summed E-state index contributed by atoms with van der Waals surface area (Å²) in [5.74, 6) is 1.62. The van der Waals surface area contributed by atoms with Gasteiger partial charge in [-0.25, -0.2) is 4.98 Å². The Bertz CT molecular complexity index is 748. The number of amides is 1. The van der Waals surface area contributed by atoms with Crippen molar-refractivity contribution in [3.05, 3.63) is 42.6 Å². The molecule has 0 saturated carbocycles. The second-order valence-electron chi connectivity index (χ2n) is 6.30. The summed E-state index contributed by atoms with van der Waals surface area (Å²) in [7, 11) is 1.56. The van der Waals surface area contributed by atoms with Crippen LogP contribution in [-0.2, 0) is 9.53 Å². The number of benzene rings is 1. The molecule has 1 amide bonds. The number of morpholine rings is 1. The zero-order chi connectivity index (χ0) is 19.6. The average Bonchev–Trinajstić information content (AvgIpc) is 2.74. The molecule has 8 heteroatoms. The Morgan fingerprint density at radius 2 is 1.96 bits per heavy atom. The maximum Gasteiger partial charge on any atom is 0.262 e. The number of anilines is 2. The maximum absolute atomic E-state index is 12.1. The van der Waals surface area contributed by atoms with Crippen LogP contribution in [-0.4, -0.2) is 68.9 Å². The summed E-state index contributed by atoms with van der Waals surface area (Å²) < 4.78 is 16.0. The molecular formula is C20H26N4O4. The highest BCUT2D eigenvalue weighted by Gasteiger charge is 2.10. The van der Waals surface area contributed by atoms with Crippen molar-refractivity contribution in [3.8, 4) is 11.5 Å². The minimum Gasteiger partial charge on any atom is -0.493 e. The molecule has 1 saturated heterocycles. The molecule has 0 atom stereocenters. The summed E-state index contributed by atoms with van der Waals surface area (Å²) in [6.07, 6.45) is 1.62. The van der Waals surface area contributed by atoms with E-state index in [2.05, 4.69) is 20.5 Å². The van der Waals surface area contributed by atoms with Crippen LogP contribution in [0.15, 0.2) is 42.6 Å². The number of nitrogens with zero attached hydrogens (tertiary/aromatic N) is 2. The summed E-state index contributed by atoms with van der Waals surface area (Å²) >= 11 is 0. The molecule has 28 heavy (non-hydrogen) atoms. The third kappa shape index (κ3) is 6.11. The van der Waals surface area contributed by atoms with Crippen LogP contribution in [0.4, 0.5) is 11.5 Å². The molecule has 0 aliphatic carbocycles. The van der Waals surface area contributed by atoms with Crippen LogP contribution < -0.4 is 20.1 Å². The number of hydrogen-bond acceptors (Lipinski definition) is 7. The Labute approximate surface area is 164 Å². The van der Waals surface area contributed by atoms with Crippen molar-refractivity contribution in [1.82, 2.24) is 9.88 Å². The van der Waals surface area contributed by atoms with Gasteiger partial charge in [0.05, 0.1) is 32.2 Å². The molecule has 1 aromatic heterocycles. The van der Waals surface area contributed by atoms with Crippen LogP contribution in [0.25, 0.3) is 0 Å². The van der Waals surface area contributed by atoms with E-state index in [0.717, 1.165) is 45.2 Å². The van der Waals surface area contributed by atoms with Gasteiger partial charge in [-0.1, -0.05) is 12.1 Å². The topological polar surface area (TPSA) is 85.0 Å². The lowest BCUT2D eigenvalue weighted by Gasteiger charge is -2.26. The highest BCUT2D eigenvalue weighted by atomic mass is 16.5. The normalized spacial score (nSPS) is 14.3. The van der Waals surface area contributed by atoms with E-state index in [-0.39, 0.29) is 12.5 Å². The van der Waals surface area contributed by atoms with Gasteiger partial charge in [-0.2, -0.15) is 0 Å². The van der Waals surface area contributed by atoms with E-state index in [9.17, 15) is 4.79 Å². The van der Waals surface area contributed by atoms with Crippen LogP contribution in [0.1, 0.15) is 0 Å². The average molecular weight is 386 g/mol. The van der Waals surface area contributed by atoms with E-state index in [1.807, 2.05) is 24.3 Å². The van der Waals surface area contributed by atoms with Crippen LogP contribution in [0.2, 0.25) is 0 Å². The number of nitrogens with one attached hydrogen (secondary N) is 2. The molecule has 0 unspecified atom stereocenters. The standard InChI is InChI=1S/C20H26N4O4/c1-26-17-4-2-3-5-18(17)28-15-20(25)23-16-6-7-19(22-14-16)21-8-9-24-10-12-27-13-11-24/h2-7,14H,8-13,15H2,1H3,(H,21,22)(H,23,25). The van der Waals surface area contributed by atoms with E-state index in [4.69, 9.17) is 14.2 Å². The molecule has 150 valence electrons. The van der Waals surface area contributed by atoms with Gasteiger partial charge < -0.3 is 24.8 Å². The lowest BCUT2D eigenvalue weighted by Crippen LogP contribution is -2.39. The Hall–Kier alpha value is -2.84. The van der Waals surface area contributed by atoms with Crippen molar-refractivity contribution >= 4 is 17.4 Å². The second kappa shape index (κ2) is 10.5. The molecule has 0 radical (unpaired) electrons. The first-order chi connectivity index (χ1) is 13.7. The molecular weight excluding hydrogens is 360 g/mol. The monoisotopic (exact) mass is 386 g/mol. The van der Waals surface area contributed by atoms with E-state index in [1.165, 1.54) is 0 Å². The first kappa shape index (κ1) is 19.9. The molecule has 1 fully saturated rings. The van der Waals surface area contributed by atoms with Gasteiger partial charge in [0.25, 0.3) is 5.91 Å². The summed E-state index contributed by atoms with van der Waals surface area (Å²) in [6, 6.07) is 10.9. The Morgan fingerprint density at radius 1 is 1.18 bits per heavy atom. The zero-order valence-corrected chi connectivity index (χ0v) is 16.0. The van der Waals surface area contributed by atoms with Crippen molar-refractivity contribution in [2.45, 2.75) is 0 Å². The predicted octanol–water partition coefficient (Wildman–Crippen LogP) is 1.85. The first-order valence-corrected chi connectivity index (χ1v) is 9.30. The summed E-state index contributed by atoms with van der Waals surface area (Å²) in [5.41, 5.74) is 0.618. The van der Waals surface area contributed by atoms with E-state index >= 15 is 0 Å². The minimum atomic E-state index is -0.263. The van der Waals surface area contributed by atoms with Crippen LogP contribution in [0, 0.1) is 0 Å². The SMILES string of the molecule is COc1ccccc1OCC(=O)Nc1ccc(NCCN2CCOCC2)nc1. The maximum atomic E-state index is 12.1. The number of carbonyl (C=O) groups excluding carboxylic acids is 1. The smallest absolute Gasteiger partial charge is 0.262 e. The van der Waals surface area contributed by atoms with Gasteiger partial charge in [0.2, 0.25) is 0 Å². The fourth-order valence-corrected chi connectivity index (χ4v) is 2.82. The lowest BCUT2D eigenvalue weighted by atomic mass is 10.3. The number of methoxy groups -OCH3 is 1. The fraction of sp³-hybridized carbons (Fsp3) is 0.400. The van der Waals surface area contributed by atoms with Crippen LogP contribution in [0.3, 0.4) is 0 Å². The highest BCUT2D eigenvalue weighted by Crippen LogP contribution is 2.25. The van der Waals surface area contributed by atoms with E-state index in [1.54, 1.807) is 25.4 Å². The van der Waals surface area contributed by atoms with Crippen molar-refractivity contribution in [1.29, 1.82) is 0 Å². The van der Waals surface area contributed by atoms with E-state index < -0.39 is 0 Å². The third-order valence-corrected chi connectivity index (χ3v) is 4.31. The molecule has 8 nitrogen and oxygen atoms in total. The molecule has 1 aliphatic rings. The molecule has 3 rings (SSSR count). The zero-order valence-electron chi connectivity index (χ0n) is 16.0. The predicted molar refractivity (Wildman–Crippen MR) is 107 cm³/mol. The lowest BCUT2D eigenvalue weighted by molar-refractivity contribution is -0.118. The molecule has 2 N–H and O–H groups in total. The van der Waals surface area contributed by atoms with Crippen molar-refractivity contribution in [3.63, 3.8) is 0 Å². The van der Waals surface area contributed by atoms with Gasteiger partial charge >= 0.3 is 0 Å². The quantitative estimate of drug-likeness (QED) is 0.680. The number of aromatic nitrogens is 1. The molecule has 2 aromatic rings. The summed E-state index contributed by atoms with van der Waals surface area (Å²) in [4.78, 5) is 18.8. The van der Waals surface area contributed by atoms with Crippen LogP contribution >= 0.6 is 0 Å². The van der Waals surface area contributed by atoms with Gasteiger partial charge in [0.15, 0.2) is 18.1 Å². The Balaban J connectivity index is 1.40. The largest absolute Gasteiger partial charge is 0.493 e. The Morgan fingerprint density at radius 3 is 2.68 bits per heavy atom. The summed E-state index contributed by atoms with van der Waals surface area (Å²) in [6.45, 7) is 5.18. The number of ether oxygens (including phenoxy) is 3. The van der Waals surface area contributed by atoms with Gasteiger partial charge in [0, 0.05) is 26.2 Å². The number of para-hydroxylation sites is 2. The molecule has 2 heterocycles. The fourth-order valence-electron chi connectivity index (χ4n) is 2.82. The molecule has 0 bridgehead atoms. The van der Waals surface area contributed by atoms with Crippen molar-refractivity contribution in [2.24, 2.45) is 0 Å².